The Morgan fingerprint density at radius 3 is 1.82 bits per heavy atom. The smallest absolute Gasteiger partial charge is 0.0714 e. The Hall–Kier alpha value is -6.38. The summed E-state index contributed by atoms with van der Waals surface area (Å²) < 4.78 is 0. The van der Waals surface area contributed by atoms with Crippen LogP contribution in [0.25, 0.3) is 22.3 Å². The average molecular weight is 653 g/mol. The molecule has 0 bridgehead atoms. The third-order valence-electron chi connectivity index (χ3n) is 11.1. The Kier molecular flexibility index (Phi) is 6.89. The van der Waals surface area contributed by atoms with E-state index in [-0.39, 0.29) is 12.0 Å². The standard InChI is InChI=1S/C49H36N2/c1-4-14-36(15-5-1)49(37-16-6-2-7-17-37)45-22-12-10-20-41(45)42-30-29-40(33-46(42)49)51-47-23-13-11-21-43(47)44-32-35(26-31-48(44)51)34-24-27-39(28-25-34)50-38-18-8-3-9-19-38/h1-33,43,47,50H. The fraction of sp³-hybridized carbons (Fsp3) is 0.0612. The number of hydrogen-bond acceptors (Lipinski definition) is 2. The predicted octanol–water partition coefficient (Wildman–Crippen LogP) is 12.2. The molecule has 2 aliphatic carbocycles. The number of para-hydroxylation sites is 1. The summed E-state index contributed by atoms with van der Waals surface area (Å²) in [6, 6.07) is 64.7. The molecule has 1 aliphatic heterocycles. The molecule has 0 spiro atoms. The van der Waals surface area contributed by atoms with Gasteiger partial charge in [0.2, 0.25) is 0 Å². The maximum absolute atomic E-state index is 3.51. The molecular weight excluding hydrogens is 617 g/mol. The average Bonchev–Trinajstić information content (AvgIpc) is 3.69. The quantitative estimate of drug-likeness (QED) is 0.192. The van der Waals surface area contributed by atoms with Crippen LogP contribution in [0.3, 0.4) is 0 Å². The van der Waals surface area contributed by atoms with Gasteiger partial charge in [0.15, 0.2) is 0 Å². The highest BCUT2D eigenvalue weighted by Gasteiger charge is 2.47. The Bertz CT molecular complexity index is 2400. The first-order chi connectivity index (χ1) is 25.3. The molecule has 0 saturated heterocycles. The van der Waals surface area contributed by atoms with Crippen LogP contribution in [-0.4, -0.2) is 6.04 Å². The molecule has 2 heteroatoms. The first-order valence-electron chi connectivity index (χ1n) is 17.9. The van der Waals surface area contributed by atoms with Crippen molar-refractivity contribution in [1.82, 2.24) is 0 Å². The van der Waals surface area contributed by atoms with Crippen LogP contribution in [0.15, 0.2) is 200 Å². The summed E-state index contributed by atoms with van der Waals surface area (Å²) in [6.07, 6.45) is 9.17. The topological polar surface area (TPSA) is 15.3 Å². The molecule has 3 aliphatic rings. The van der Waals surface area contributed by atoms with Crippen LogP contribution in [0.4, 0.5) is 22.7 Å². The number of benzene rings is 7. The van der Waals surface area contributed by atoms with Crippen molar-refractivity contribution in [2.75, 3.05) is 10.2 Å². The molecule has 0 radical (unpaired) electrons. The number of anilines is 4. The fourth-order valence-electron chi connectivity index (χ4n) is 8.84. The maximum atomic E-state index is 3.51. The molecule has 1 N–H and O–H groups in total. The van der Waals surface area contributed by atoms with Crippen LogP contribution >= 0.6 is 0 Å². The zero-order valence-corrected chi connectivity index (χ0v) is 28.2. The van der Waals surface area contributed by atoms with Crippen LogP contribution in [0.2, 0.25) is 0 Å². The van der Waals surface area contributed by atoms with Crippen molar-refractivity contribution in [3.8, 4) is 22.3 Å². The van der Waals surface area contributed by atoms with E-state index >= 15 is 0 Å². The second-order valence-electron chi connectivity index (χ2n) is 13.8. The molecule has 0 amide bonds. The van der Waals surface area contributed by atoms with Gasteiger partial charge < -0.3 is 10.2 Å². The van der Waals surface area contributed by atoms with Gasteiger partial charge in [0.05, 0.1) is 11.5 Å². The van der Waals surface area contributed by atoms with Crippen LogP contribution in [0.1, 0.15) is 33.7 Å². The van der Waals surface area contributed by atoms with E-state index in [1.54, 1.807) is 0 Å². The highest BCUT2D eigenvalue weighted by atomic mass is 15.2. The van der Waals surface area contributed by atoms with E-state index in [4.69, 9.17) is 0 Å². The van der Waals surface area contributed by atoms with Crippen molar-refractivity contribution >= 4 is 22.7 Å². The Balaban J connectivity index is 1.09. The minimum atomic E-state index is -0.430. The van der Waals surface area contributed by atoms with Gasteiger partial charge in [0.25, 0.3) is 0 Å². The SMILES string of the molecule is C1=CC2c3cc(-c4ccc(Nc5ccccc5)cc4)ccc3N(c3ccc4c(c3)C(c3ccccc3)(c3ccccc3)c3ccccc3-4)C2C=C1. The largest absolute Gasteiger partial charge is 0.356 e. The molecule has 10 rings (SSSR count). The van der Waals surface area contributed by atoms with Crippen LogP contribution < -0.4 is 10.2 Å². The van der Waals surface area contributed by atoms with E-state index in [2.05, 4.69) is 204 Å². The second-order valence-corrected chi connectivity index (χ2v) is 13.8. The minimum Gasteiger partial charge on any atom is -0.356 e. The van der Waals surface area contributed by atoms with Gasteiger partial charge in [0.1, 0.15) is 0 Å². The van der Waals surface area contributed by atoms with Gasteiger partial charge in [-0.1, -0.05) is 152 Å². The van der Waals surface area contributed by atoms with E-state index in [0.29, 0.717) is 0 Å². The molecule has 0 fully saturated rings. The predicted molar refractivity (Wildman–Crippen MR) is 212 cm³/mol. The number of fused-ring (bicyclic) bond motifs is 6. The monoisotopic (exact) mass is 652 g/mol. The molecule has 2 unspecified atom stereocenters. The molecule has 7 aromatic carbocycles. The fourth-order valence-corrected chi connectivity index (χ4v) is 8.84. The van der Waals surface area contributed by atoms with E-state index in [0.717, 1.165) is 11.4 Å². The molecular formula is C49H36N2. The first-order valence-corrected chi connectivity index (χ1v) is 17.9. The van der Waals surface area contributed by atoms with Crippen molar-refractivity contribution < 1.29 is 0 Å². The lowest BCUT2D eigenvalue weighted by Gasteiger charge is -2.35. The van der Waals surface area contributed by atoms with Gasteiger partial charge in [-0.2, -0.15) is 0 Å². The van der Waals surface area contributed by atoms with E-state index in [9.17, 15) is 0 Å². The van der Waals surface area contributed by atoms with Crippen molar-refractivity contribution in [1.29, 1.82) is 0 Å². The number of allylic oxidation sites excluding steroid dienone is 2. The number of hydrogen-bond donors (Lipinski definition) is 1. The number of nitrogens with one attached hydrogen (secondary N) is 1. The van der Waals surface area contributed by atoms with Crippen molar-refractivity contribution in [2.45, 2.75) is 17.4 Å². The third-order valence-corrected chi connectivity index (χ3v) is 11.1. The molecule has 242 valence electrons. The summed E-state index contributed by atoms with van der Waals surface area (Å²) in [6.45, 7) is 0. The van der Waals surface area contributed by atoms with E-state index in [1.165, 1.54) is 61.4 Å². The highest BCUT2D eigenvalue weighted by Crippen LogP contribution is 2.58. The highest BCUT2D eigenvalue weighted by molar-refractivity contribution is 5.89. The van der Waals surface area contributed by atoms with Crippen molar-refractivity contribution in [3.63, 3.8) is 0 Å². The van der Waals surface area contributed by atoms with E-state index in [1.807, 2.05) is 6.07 Å². The molecule has 51 heavy (non-hydrogen) atoms. The summed E-state index contributed by atoms with van der Waals surface area (Å²) in [5, 5.41) is 3.51. The molecule has 1 heterocycles. The normalized spacial score (nSPS) is 17.4. The molecule has 2 nitrogen and oxygen atoms in total. The maximum Gasteiger partial charge on any atom is 0.0714 e. The van der Waals surface area contributed by atoms with Gasteiger partial charge in [0, 0.05) is 28.7 Å². The number of rotatable bonds is 6. The zero-order valence-electron chi connectivity index (χ0n) is 28.2. The van der Waals surface area contributed by atoms with Gasteiger partial charge in [-0.05, 0) is 98.6 Å². The summed E-state index contributed by atoms with van der Waals surface area (Å²) in [5.41, 5.74) is 15.9. The third kappa shape index (κ3) is 4.64. The van der Waals surface area contributed by atoms with Crippen molar-refractivity contribution in [3.05, 3.63) is 228 Å². The Morgan fingerprint density at radius 2 is 1.08 bits per heavy atom. The van der Waals surface area contributed by atoms with Gasteiger partial charge in [-0.25, -0.2) is 0 Å². The molecule has 2 atom stereocenters. The molecule has 0 aromatic heterocycles. The summed E-state index contributed by atoms with van der Waals surface area (Å²) in [4.78, 5) is 2.57. The Labute approximate surface area is 299 Å². The molecule has 7 aromatic rings. The lowest BCUT2D eigenvalue weighted by Crippen LogP contribution is -2.30. The zero-order chi connectivity index (χ0) is 33.8. The Morgan fingerprint density at radius 1 is 0.471 bits per heavy atom. The van der Waals surface area contributed by atoms with Gasteiger partial charge >= 0.3 is 0 Å². The van der Waals surface area contributed by atoms with Crippen molar-refractivity contribution in [2.24, 2.45) is 0 Å². The first kappa shape index (κ1) is 29.5. The lowest BCUT2D eigenvalue weighted by molar-refractivity contribution is 0.740. The van der Waals surface area contributed by atoms with E-state index < -0.39 is 5.41 Å². The lowest BCUT2D eigenvalue weighted by atomic mass is 9.67. The number of nitrogens with zero attached hydrogens (tertiary/aromatic N) is 1. The minimum absolute atomic E-state index is 0.197. The summed E-state index contributed by atoms with van der Waals surface area (Å²) >= 11 is 0. The van der Waals surface area contributed by atoms with Gasteiger partial charge in [-0.15, -0.1) is 0 Å². The van der Waals surface area contributed by atoms with Crippen LogP contribution in [0, 0.1) is 0 Å². The second kappa shape index (κ2) is 11.9. The summed E-state index contributed by atoms with van der Waals surface area (Å²) in [7, 11) is 0. The molecule has 0 saturated carbocycles. The van der Waals surface area contributed by atoms with Crippen LogP contribution in [0.5, 0.6) is 0 Å². The van der Waals surface area contributed by atoms with Gasteiger partial charge in [-0.3, -0.25) is 0 Å². The summed E-state index contributed by atoms with van der Waals surface area (Å²) in [5.74, 6) is 0.266. The van der Waals surface area contributed by atoms with Crippen LogP contribution in [-0.2, 0) is 5.41 Å².